The number of benzene rings is 1. The van der Waals surface area contributed by atoms with Crippen LogP contribution in [0.1, 0.15) is 56.6 Å². The van der Waals surface area contributed by atoms with Gasteiger partial charge in [0.15, 0.2) is 0 Å². The summed E-state index contributed by atoms with van der Waals surface area (Å²) in [5.41, 5.74) is 5.06. The first-order valence-corrected chi connectivity index (χ1v) is 8.89. The summed E-state index contributed by atoms with van der Waals surface area (Å²) >= 11 is 0. The van der Waals surface area contributed by atoms with Crippen molar-refractivity contribution in [3.05, 3.63) is 29.3 Å². The standard InChI is InChI=1S/C19H28N2/c1-15-13-20-19(10-3-2-4-11-19)14-21(15)18-9-8-16-6-5-7-17(16)12-18/h8-9,12,15,20H,2-7,10-11,13-14H2,1H3. The van der Waals surface area contributed by atoms with Crippen LogP contribution in [0.2, 0.25) is 0 Å². The number of hydrogen-bond acceptors (Lipinski definition) is 2. The van der Waals surface area contributed by atoms with Crippen LogP contribution in [0.15, 0.2) is 18.2 Å². The molecule has 2 aliphatic carbocycles. The van der Waals surface area contributed by atoms with E-state index in [1.165, 1.54) is 63.6 Å². The Balaban J connectivity index is 1.60. The lowest BCUT2D eigenvalue weighted by molar-refractivity contribution is 0.200. The van der Waals surface area contributed by atoms with Gasteiger partial charge in [-0.25, -0.2) is 0 Å². The van der Waals surface area contributed by atoms with Crippen molar-refractivity contribution in [2.45, 2.75) is 69.9 Å². The average Bonchev–Trinajstić information content (AvgIpc) is 2.98. The highest BCUT2D eigenvalue weighted by molar-refractivity contribution is 5.54. The normalized spacial score (nSPS) is 27.9. The SMILES string of the molecule is CC1CNC2(CCCCC2)CN1c1ccc2c(c1)CCC2. The number of piperazine rings is 1. The van der Waals surface area contributed by atoms with Crippen LogP contribution in [-0.4, -0.2) is 24.7 Å². The lowest BCUT2D eigenvalue weighted by Gasteiger charge is -2.50. The quantitative estimate of drug-likeness (QED) is 0.846. The minimum absolute atomic E-state index is 0.393. The average molecular weight is 284 g/mol. The zero-order valence-corrected chi connectivity index (χ0v) is 13.3. The van der Waals surface area contributed by atoms with E-state index in [4.69, 9.17) is 0 Å². The van der Waals surface area contributed by atoms with Crippen LogP contribution < -0.4 is 10.2 Å². The van der Waals surface area contributed by atoms with Gasteiger partial charge in [0.2, 0.25) is 0 Å². The highest BCUT2D eigenvalue weighted by atomic mass is 15.3. The molecule has 0 aromatic heterocycles. The van der Waals surface area contributed by atoms with Gasteiger partial charge in [0.1, 0.15) is 0 Å². The summed E-state index contributed by atoms with van der Waals surface area (Å²) in [7, 11) is 0. The summed E-state index contributed by atoms with van der Waals surface area (Å²) < 4.78 is 0. The fourth-order valence-corrected chi connectivity index (χ4v) is 4.66. The first-order valence-electron chi connectivity index (χ1n) is 8.89. The second-order valence-corrected chi connectivity index (χ2v) is 7.51. The van der Waals surface area contributed by atoms with Crippen molar-refractivity contribution in [1.29, 1.82) is 0 Å². The largest absolute Gasteiger partial charge is 0.366 e. The van der Waals surface area contributed by atoms with Gasteiger partial charge in [-0.2, -0.15) is 0 Å². The molecule has 1 aliphatic heterocycles. The molecule has 0 radical (unpaired) electrons. The summed E-state index contributed by atoms with van der Waals surface area (Å²) in [5, 5.41) is 3.89. The Morgan fingerprint density at radius 2 is 1.86 bits per heavy atom. The number of rotatable bonds is 1. The Morgan fingerprint density at radius 1 is 1.05 bits per heavy atom. The lowest BCUT2D eigenvalue weighted by Crippen LogP contribution is -2.64. The first kappa shape index (κ1) is 13.6. The third kappa shape index (κ3) is 2.48. The molecule has 1 heterocycles. The second-order valence-electron chi connectivity index (χ2n) is 7.51. The minimum atomic E-state index is 0.393. The number of nitrogens with zero attached hydrogens (tertiary/aromatic N) is 1. The Morgan fingerprint density at radius 3 is 2.71 bits per heavy atom. The van der Waals surface area contributed by atoms with E-state index in [0.717, 1.165) is 6.54 Å². The van der Waals surface area contributed by atoms with Crippen LogP contribution in [0, 0.1) is 0 Å². The van der Waals surface area contributed by atoms with Gasteiger partial charge in [0.25, 0.3) is 0 Å². The molecule has 1 aromatic carbocycles. The molecular formula is C19H28N2. The van der Waals surface area contributed by atoms with E-state index in [0.29, 0.717) is 11.6 Å². The molecule has 2 heteroatoms. The monoisotopic (exact) mass is 284 g/mol. The number of anilines is 1. The van der Waals surface area contributed by atoms with Gasteiger partial charge >= 0.3 is 0 Å². The van der Waals surface area contributed by atoms with E-state index in [1.807, 2.05) is 0 Å². The van der Waals surface area contributed by atoms with Crippen LogP contribution in [0.3, 0.4) is 0 Å². The summed E-state index contributed by atoms with van der Waals surface area (Å²) in [4.78, 5) is 2.68. The zero-order valence-electron chi connectivity index (χ0n) is 13.3. The smallest absolute Gasteiger partial charge is 0.0387 e. The fourth-order valence-electron chi connectivity index (χ4n) is 4.66. The number of fused-ring (bicyclic) bond motifs is 1. The first-order chi connectivity index (χ1) is 10.3. The third-order valence-corrected chi connectivity index (χ3v) is 6.00. The molecule has 1 unspecified atom stereocenters. The Bertz CT molecular complexity index is 516. The summed E-state index contributed by atoms with van der Waals surface area (Å²) in [6, 6.07) is 7.86. The van der Waals surface area contributed by atoms with Crippen LogP contribution in [0.5, 0.6) is 0 Å². The molecule has 0 amide bonds. The molecule has 4 rings (SSSR count). The highest BCUT2D eigenvalue weighted by Crippen LogP contribution is 2.35. The molecule has 1 spiro atoms. The fraction of sp³-hybridized carbons (Fsp3) is 0.684. The highest BCUT2D eigenvalue weighted by Gasteiger charge is 2.38. The van der Waals surface area contributed by atoms with Gasteiger partial charge in [-0.05, 0) is 62.3 Å². The predicted molar refractivity (Wildman–Crippen MR) is 89.1 cm³/mol. The molecular weight excluding hydrogens is 256 g/mol. The van der Waals surface area contributed by atoms with Crippen molar-refractivity contribution in [3.8, 4) is 0 Å². The molecule has 1 aromatic rings. The topological polar surface area (TPSA) is 15.3 Å². The Labute approximate surface area is 128 Å². The summed E-state index contributed by atoms with van der Waals surface area (Å²) in [6.45, 7) is 4.71. The van der Waals surface area contributed by atoms with E-state index < -0.39 is 0 Å². The number of hydrogen-bond donors (Lipinski definition) is 1. The van der Waals surface area contributed by atoms with Gasteiger partial charge in [-0.3, -0.25) is 0 Å². The molecule has 0 bridgehead atoms. The maximum atomic E-state index is 3.89. The van der Waals surface area contributed by atoms with Gasteiger partial charge in [-0.15, -0.1) is 0 Å². The molecule has 21 heavy (non-hydrogen) atoms. The molecule has 1 N–H and O–H groups in total. The van der Waals surface area contributed by atoms with Gasteiger partial charge in [0, 0.05) is 30.4 Å². The second kappa shape index (κ2) is 5.31. The van der Waals surface area contributed by atoms with Gasteiger partial charge in [-0.1, -0.05) is 25.3 Å². The molecule has 2 fully saturated rings. The van der Waals surface area contributed by atoms with Crippen LogP contribution in [0.25, 0.3) is 0 Å². The summed E-state index contributed by atoms with van der Waals surface area (Å²) in [5.74, 6) is 0. The molecule has 1 atom stereocenters. The Hall–Kier alpha value is -1.02. The lowest BCUT2D eigenvalue weighted by atomic mass is 9.79. The molecule has 1 saturated carbocycles. The zero-order chi connectivity index (χ0) is 14.3. The van der Waals surface area contributed by atoms with E-state index in [2.05, 4.69) is 35.3 Å². The van der Waals surface area contributed by atoms with E-state index in [1.54, 1.807) is 11.1 Å². The van der Waals surface area contributed by atoms with Gasteiger partial charge < -0.3 is 10.2 Å². The van der Waals surface area contributed by atoms with Gasteiger partial charge in [0.05, 0.1) is 0 Å². The number of nitrogens with one attached hydrogen (secondary N) is 1. The molecule has 1 saturated heterocycles. The van der Waals surface area contributed by atoms with Crippen molar-refractivity contribution in [2.75, 3.05) is 18.0 Å². The molecule has 114 valence electrons. The van der Waals surface area contributed by atoms with E-state index in [-0.39, 0.29) is 0 Å². The van der Waals surface area contributed by atoms with Crippen LogP contribution in [0.4, 0.5) is 5.69 Å². The van der Waals surface area contributed by atoms with E-state index in [9.17, 15) is 0 Å². The van der Waals surface area contributed by atoms with Crippen LogP contribution >= 0.6 is 0 Å². The molecule has 2 nitrogen and oxygen atoms in total. The Kier molecular flexibility index (Phi) is 3.45. The van der Waals surface area contributed by atoms with Crippen molar-refractivity contribution >= 4 is 5.69 Å². The van der Waals surface area contributed by atoms with Crippen LogP contribution in [-0.2, 0) is 12.8 Å². The number of aryl methyl sites for hydroxylation is 2. The summed E-state index contributed by atoms with van der Waals surface area (Å²) in [6.07, 6.45) is 10.9. The maximum absolute atomic E-state index is 3.89. The van der Waals surface area contributed by atoms with Crippen molar-refractivity contribution < 1.29 is 0 Å². The van der Waals surface area contributed by atoms with Crippen molar-refractivity contribution in [1.82, 2.24) is 5.32 Å². The minimum Gasteiger partial charge on any atom is -0.366 e. The van der Waals surface area contributed by atoms with Crippen molar-refractivity contribution in [2.24, 2.45) is 0 Å². The predicted octanol–water partition coefficient (Wildman–Crippen LogP) is 3.68. The maximum Gasteiger partial charge on any atom is 0.0387 e. The van der Waals surface area contributed by atoms with E-state index >= 15 is 0 Å². The van der Waals surface area contributed by atoms with Crippen molar-refractivity contribution in [3.63, 3.8) is 0 Å². The molecule has 3 aliphatic rings. The third-order valence-electron chi connectivity index (χ3n) is 6.00.